The number of rotatable bonds is 5. The van der Waals surface area contributed by atoms with E-state index in [-0.39, 0.29) is 5.91 Å². The summed E-state index contributed by atoms with van der Waals surface area (Å²) in [5.74, 6) is 0.0202. The first-order valence-electron chi connectivity index (χ1n) is 6.48. The topological polar surface area (TPSA) is 58.4 Å². The Morgan fingerprint density at radius 3 is 2.85 bits per heavy atom. The van der Waals surface area contributed by atoms with E-state index >= 15 is 0 Å². The standard InChI is InChI=1S/C14H19ClN4O/c1-14(2,13(20)16-3)9-17-6-11-8-19-7-10(15)4-5-12(19)18-11/h4-5,7-8,17H,6,9H2,1-3H3,(H,16,20). The van der Waals surface area contributed by atoms with E-state index in [2.05, 4.69) is 15.6 Å². The molecule has 2 aromatic heterocycles. The van der Waals surface area contributed by atoms with Gasteiger partial charge in [-0.15, -0.1) is 0 Å². The first-order chi connectivity index (χ1) is 9.42. The van der Waals surface area contributed by atoms with E-state index in [0.717, 1.165) is 11.3 Å². The fraction of sp³-hybridized carbons (Fsp3) is 0.429. The molecule has 0 radical (unpaired) electrons. The fourth-order valence-electron chi connectivity index (χ4n) is 2.02. The summed E-state index contributed by atoms with van der Waals surface area (Å²) in [6, 6.07) is 3.69. The second-order valence-corrected chi connectivity index (χ2v) is 5.85. The summed E-state index contributed by atoms with van der Waals surface area (Å²) in [5, 5.41) is 6.61. The van der Waals surface area contributed by atoms with Gasteiger partial charge < -0.3 is 15.0 Å². The molecule has 0 saturated carbocycles. The number of amides is 1. The van der Waals surface area contributed by atoms with Crippen LogP contribution in [0.1, 0.15) is 19.5 Å². The van der Waals surface area contributed by atoms with Gasteiger partial charge in [0.05, 0.1) is 16.1 Å². The van der Waals surface area contributed by atoms with Crippen molar-refractivity contribution in [2.24, 2.45) is 5.41 Å². The van der Waals surface area contributed by atoms with E-state index in [9.17, 15) is 4.79 Å². The minimum absolute atomic E-state index is 0.0202. The molecule has 0 aliphatic rings. The molecule has 0 atom stereocenters. The van der Waals surface area contributed by atoms with Gasteiger partial charge in [-0.05, 0) is 26.0 Å². The number of nitrogens with one attached hydrogen (secondary N) is 2. The lowest BCUT2D eigenvalue weighted by Crippen LogP contribution is -2.41. The molecule has 0 unspecified atom stereocenters. The maximum Gasteiger partial charge on any atom is 0.226 e. The van der Waals surface area contributed by atoms with Crippen LogP contribution in [0.5, 0.6) is 0 Å². The first kappa shape index (κ1) is 14.8. The number of pyridine rings is 1. The van der Waals surface area contributed by atoms with Crippen LogP contribution in [-0.4, -0.2) is 28.9 Å². The Kier molecular flexibility index (Phi) is 4.30. The molecule has 108 valence electrons. The monoisotopic (exact) mass is 294 g/mol. The summed E-state index contributed by atoms with van der Waals surface area (Å²) in [7, 11) is 1.65. The number of aromatic nitrogens is 2. The molecular weight excluding hydrogens is 276 g/mol. The predicted molar refractivity (Wildman–Crippen MR) is 79.8 cm³/mol. The van der Waals surface area contributed by atoms with Crippen molar-refractivity contribution in [3.8, 4) is 0 Å². The molecule has 0 aliphatic heterocycles. The zero-order chi connectivity index (χ0) is 14.8. The van der Waals surface area contributed by atoms with Crippen molar-refractivity contribution in [1.29, 1.82) is 0 Å². The van der Waals surface area contributed by atoms with Crippen LogP contribution in [0.4, 0.5) is 0 Å². The number of fused-ring (bicyclic) bond motifs is 1. The lowest BCUT2D eigenvalue weighted by Gasteiger charge is -2.22. The van der Waals surface area contributed by atoms with Crippen LogP contribution in [0.25, 0.3) is 5.65 Å². The number of hydrogen-bond acceptors (Lipinski definition) is 3. The lowest BCUT2D eigenvalue weighted by molar-refractivity contribution is -0.128. The summed E-state index contributed by atoms with van der Waals surface area (Å²) in [6.07, 6.45) is 3.75. The van der Waals surface area contributed by atoms with Crippen LogP contribution in [0.2, 0.25) is 5.02 Å². The predicted octanol–water partition coefficient (Wildman–Crippen LogP) is 1.85. The summed E-state index contributed by atoms with van der Waals surface area (Å²) >= 11 is 5.93. The lowest BCUT2D eigenvalue weighted by atomic mass is 9.92. The normalized spacial score (nSPS) is 11.8. The molecular formula is C14H19ClN4O. The van der Waals surface area contributed by atoms with E-state index in [0.29, 0.717) is 18.1 Å². The molecule has 5 nitrogen and oxygen atoms in total. The van der Waals surface area contributed by atoms with Gasteiger partial charge in [0.2, 0.25) is 5.91 Å². The highest BCUT2D eigenvalue weighted by atomic mass is 35.5. The van der Waals surface area contributed by atoms with Crippen molar-refractivity contribution < 1.29 is 4.79 Å². The van der Waals surface area contributed by atoms with Gasteiger partial charge in [0.1, 0.15) is 5.65 Å². The van der Waals surface area contributed by atoms with Crippen molar-refractivity contribution in [2.45, 2.75) is 20.4 Å². The van der Waals surface area contributed by atoms with Gasteiger partial charge >= 0.3 is 0 Å². The molecule has 2 rings (SSSR count). The second-order valence-electron chi connectivity index (χ2n) is 5.41. The molecule has 2 aromatic rings. The Morgan fingerprint density at radius 1 is 1.40 bits per heavy atom. The minimum Gasteiger partial charge on any atom is -0.359 e. The van der Waals surface area contributed by atoms with Crippen LogP contribution >= 0.6 is 11.6 Å². The zero-order valence-corrected chi connectivity index (χ0v) is 12.7. The maximum atomic E-state index is 11.7. The van der Waals surface area contributed by atoms with E-state index < -0.39 is 5.41 Å². The van der Waals surface area contributed by atoms with Crippen LogP contribution in [0.15, 0.2) is 24.5 Å². The van der Waals surface area contributed by atoms with Gasteiger partial charge in [-0.3, -0.25) is 4.79 Å². The van der Waals surface area contributed by atoms with Crippen molar-refractivity contribution in [3.05, 3.63) is 35.2 Å². The van der Waals surface area contributed by atoms with Crippen molar-refractivity contribution in [3.63, 3.8) is 0 Å². The molecule has 0 spiro atoms. The molecule has 6 heteroatoms. The Hall–Kier alpha value is -1.59. The highest BCUT2D eigenvalue weighted by Crippen LogP contribution is 2.14. The van der Waals surface area contributed by atoms with Crippen LogP contribution in [0.3, 0.4) is 0 Å². The van der Waals surface area contributed by atoms with Gasteiger partial charge in [0, 0.05) is 32.5 Å². The van der Waals surface area contributed by atoms with Gasteiger partial charge in [-0.1, -0.05) is 11.6 Å². The van der Waals surface area contributed by atoms with Gasteiger partial charge in [0.15, 0.2) is 0 Å². The summed E-state index contributed by atoms with van der Waals surface area (Å²) < 4.78 is 1.89. The van der Waals surface area contributed by atoms with E-state index in [4.69, 9.17) is 11.6 Å². The summed E-state index contributed by atoms with van der Waals surface area (Å²) in [6.45, 7) is 5.01. The minimum atomic E-state index is -0.447. The number of halogens is 1. The Bertz CT molecular complexity index is 621. The van der Waals surface area contributed by atoms with Crippen molar-refractivity contribution in [2.75, 3.05) is 13.6 Å². The number of carbonyl (C=O) groups excluding carboxylic acids is 1. The van der Waals surface area contributed by atoms with E-state index in [1.807, 2.05) is 42.8 Å². The highest BCUT2D eigenvalue weighted by molar-refractivity contribution is 6.30. The molecule has 0 fully saturated rings. The first-order valence-corrected chi connectivity index (χ1v) is 6.86. The van der Waals surface area contributed by atoms with Crippen LogP contribution < -0.4 is 10.6 Å². The number of imidazole rings is 1. The summed E-state index contributed by atoms with van der Waals surface area (Å²) in [5.41, 5.74) is 1.33. The zero-order valence-electron chi connectivity index (χ0n) is 11.9. The van der Waals surface area contributed by atoms with Crippen molar-refractivity contribution >= 4 is 23.2 Å². The molecule has 0 aromatic carbocycles. The smallest absolute Gasteiger partial charge is 0.226 e. The Balaban J connectivity index is 1.98. The molecule has 0 bridgehead atoms. The number of hydrogen-bond donors (Lipinski definition) is 2. The largest absolute Gasteiger partial charge is 0.359 e. The molecule has 2 heterocycles. The van der Waals surface area contributed by atoms with E-state index in [1.54, 1.807) is 7.05 Å². The third-order valence-electron chi connectivity index (χ3n) is 3.18. The number of nitrogens with zero attached hydrogens (tertiary/aromatic N) is 2. The van der Waals surface area contributed by atoms with Gasteiger partial charge in [-0.2, -0.15) is 0 Å². The molecule has 0 saturated heterocycles. The Labute approximate surface area is 123 Å². The highest BCUT2D eigenvalue weighted by Gasteiger charge is 2.25. The third-order valence-corrected chi connectivity index (χ3v) is 3.40. The van der Waals surface area contributed by atoms with Gasteiger partial charge in [-0.25, -0.2) is 4.98 Å². The maximum absolute atomic E-state index is 11.7. The fourth-order valence-corrected chi connectivity index (χ4v) is 2.19. The van der Waals surface area contributed by atoms with Crippen LogP contribution in [-0.2, 0) is 11.3 Å². The SMILES string of the molecule is CNC(=O)C(C)(C)CNCc1cn2cc(Cl)ccc2n1. The molecule has 20 heavy (non-hydrogen) atoms. The third kappa shape index (κ3) is 3.29. The molecule has 1 amide bonds. The average Bonchev–Trinajstić information content (AvgIpc) is 2.79. The number of carbonyl (C=O) groups is 1. The van der Waals surface area contributed by atoms with Crippen molar-refractivity contribution in [1.82, 2.24) is 20.0 Å². The molecule has 0 aliphatic carbocycles. The second kappa shape index (κ2) is 5.81. The Morgan fingerprint density at radius 2 is 2.15 bits per heavy atom. The van der Waals surface area contributed by atoms with E-state index in [1.165, 1.54) is 0 Å². The van der Waals surface area contributed by atoms with Crippen LogP contribution in [0, 0.1) is 5.41 Å². The molecule has 2 N–H and O–H groups in total. The summed E-state index contributed by atoms with van der Waals surface area (Å²) in [4.78, 5) is 16.1. The quantitative estimate of drug-likeness (QED) is 0.885. The average molecular weight is 295 g/mol. The van der Waals surface area contributed by atoms with Gasteiger partial charge in [0.25, 0.3) is 0 Å².